The number of ether oxygens (including phenoxy) is 1. The highest BCUT2D eigenvalue weighted by molar-refractivity contribution is 5.85. The van der Waals surface area contributed by atoms with Crippen molar-refractivity contribution in [1.82, 2.24) is 20.1 Å². The van der Waals surface area contributed by atoms with Gasteiger partial charge in [-0.2, -0.15) is 5.10 Å². The predicted octanol–water partition coefficient (Wildman–Crippen LogP) is 2.22. The first-order valence-electron chi connectivity index (χ1n) is 11.0. The van der Waals surface area contributed by atoms with E-state index < -0.39 is 5.60 Å². The molecule has 0 radical (unpaired) electrons. The number of hydrogen-bond acceptors (Lipinski definition) is 5. The van der Waals surface area contributed by atoms with Crippen molar-refractivity contribution >= 4 is 11.8 Å². The van der Waals surface area contributed by atoms with Crippen molar-refractivity contribution in [2.75, 3.05) is 0 Å². The molecule has 2 aromatic heterocycles. The van der Waals surface area contributed by atoms with E-state index in [1.807, 2.05) is 18.3 Å². The summed E-state index contributed by atoms with van der Waals surface area (Å²) in [6, 6.07) is 5.51. The molecular formula is C23H29N5O3. The Bertz CT molecular complexity index is 969. The van der Waals surface area contributed by atoms with Crippen molar-refractivity contribution in [2.45, 2.75) is 57.6 Å². The molecular weight excluding hydrogens is 394 g/mol. The second-order valence-electron chi connectivity index (χ2n) is 10.0. The molecule has 0 aliphatic heterocycles. The zero-order chi connectivity index (χ0) is 21.8. The largest absolute Gasteiger partial charge is 0.462 e. The molecule has 8 heteroatoms. The van der Waals surface area contributed by atoms with Gasteiger partial charge in [0.05, 0.1) is 11.9 Å². The maximum atomic E-state index is 13.2. The van der Waals surface area contributed by atoms with Crippen LogP contribution in [-0.2, 0) is 9.59 Å². The monoisotopic (exact) mass is 423 g/mol. The summed E-state index contributed by atoms with van der Waals surface area (Å²) in [7, 11) is 0. The van der Waals surface area contributed by atoms with E-state index in [9.17, 15) is 9.59 Å². The molecule has 164 valence electrons. The maximum Gasteiger partial charge on any atom is 0.263 e. The van der Waals surface area contributed by atoms with Crippen molar-refractivity contribution in [3.05, 3.63) is 36.8 Å². The number of nitrogens with two attached hydrogens (primary N) is 1. The van der Waals surface area contributed by atoms with Gasteiger partial charge in [0.1, 0.15) is 0 Å². The van der Waals surface area contributed by atoms with Gasteiger partial charge >= 0.3 is 0 Å². The van der Waals surface area contributed by atoms with Crippen LogP contribution < -0.4 is 15.8 Å². The number of hydrogen-bond donors (Lipinski definition) is 2. The standard InChI is InChI=1S/C23H29N5O3/c1-22(2,31-18-5-4-17(13-25-18)28-7-3-6-26-28)21(30)27-19-15-8-14-9-16(19)12-23(10-14,11-15)20(24)29/h3-7,13-16,19H,8-12H2,1-2H3,(H2,24,29)(H,27,30)/t14?,15?,16?,19-,23+. The molecule has 4 aliphatic carbocycles. The number of carbonyl (C=O) groups excluding carboxylic acids is 2. The van der Waals surface area contributed by atoms with Gasteiger partial charge in [0, 0.05) is 29.9 Å². The molecule has 3 N–H and O–H groups in total. The molecule has 8 nitrogen and oxygen atoms in total. The molecule has 2 unspecified atom stereocenters. The molecule has 2 heterocycles. The second-order valence-corrected chi connectivity index (χ2v) is 10.0. The molecule has 2 amide bonds. The molecule has 31 heavy (non-hydrogen) atoms. The molecule has 0 saturated heterocycles. The van der Waals surface area contributed by atoms with Gasteiger partial charge < -0.3 is 15.8 Å². The van der Waals surface area contributed by atoms with E-state index in [4.69, 9.17) is 10.5 Å². The van der Waals surface area contributed by atoms with E-state index in [-0.39, 0.29) is 23.3 Å². The van der Waals surface area contributed by atoms with Crippen LogP contribution in [0.5, 0.6) is 5.88 Å². The third-order valence-corrected chi connectivity index (χ3v) is 7.49. The Kier molecular flexibility index (Phi) is 4.57. The van der Waals surface area contributed by atoms with E-state index in [0.717, 1.165) is 37.8 Å². The van der Waals surface area contributed by atoms with Crippen LogP contribution in [0.4, 0.5) is 0 Å². The molecule has 4 aliphatic rings. The summed E-state index contributed by atoms with van der Waals surface area (Å²) in [6.07, 6.45) is 9.83. The topological polar surface area (TPSA) is 112 Å². The Morgan fingerprint density at radius 3 is 2.55 bits per heavy atom. The van der Waals surface area contributed by atoms with Crippen LogP contribution in [0.1, 0.15) is 46.0 Å². The number of aromatic nitrogens is 3. The van der Waals surface area contributed by atoms with Gasteiger partial charge in [-0.25, -0.2) is 9.67 Å². The zero-order valence-electron chi connectivity index (χ0n) is 18.0. The quantitative estimate of drug-likeness (QED) is 0.740. The Balaban J connectivity index is 1.25. The average molecular weight is 424 g/mol. The summed E-state index contributed by atoms with van der Waals surface area (Å²) in [6.45, 7) is 3.51. The van der Waals surface area contributed by atoms with Gasteiger partial charge in [0.2, 0.25) is 11.8 Å². The first-order valence-corrected chi connectivity index (χ1v) is 11.0. The van der Waals surface area contributed by atoms with Crippen LogP contribution in [0.15, 0.2) is 36.8 Å². The van der Waals surface area contributed by atoms with Gasteiger partial charge in [-0.05, 0) is 75.8 Å². The smallest absolute Gasteiger partial charge is 0.263 e. The fourth-order valence-corrected chi connectivity index (χ4v) is 6.18. The molecule has 2 atom stereocenters. The van der Waals surface area contributed by atoms with Crippen LogP contribution in [0.2, 0.25) is 0 Å². The van der Waals surface area contributed by atoms with Gasteiger partial charge in [0.25, 0.3) is 5.91 Å². The SMILES string of the molecule is CC(C)(Oc1ccc(-n2cccn2)cn1)C(=O)N[C@H]1C2CC3CC1C[C@@](C(N)=O)(C3)C2. The van der Waals surface area contributed by atoms with Crippen LogP contribution in [-0.4, -0.2) is 38.2 Å². The minimum absolute atomic E-state index is 0.0783. The average Bonchev–Trinajstić information content (AvgIpc) is 3.25. The van der Waals surface area contributed by atoms with Gasteiger partial charge in [-0.3, -0.25) is 9.59 Å². The van der Waals surface area contributed by atoms with Crippen molar-refractivity contribution < 1.29 is 14.3 Å². The predicted molar refractivity (Wildman–Crippen MR) is 113 cm³/mol. The molecule has 6 rings (SSSR count). The van der Waals surface area contributed by atoms with E-state index in [0.29, 0.717) is 23.6 Å². The number of nitrogens with zero attached hydrogens (tertiary/aromatic N) is 3. The molecule has 4 fully saturated rings. The Hall–Kier alpha value is -2.90. The Morgan fingerprint density at radius 1 is 1.23 bits per heavy atom. The number of pyridine rings is 1. The molecule has 0 spiro atoms. The van der Waals surface area contributed by atoms with Gasteiger partial charge in [-0.1, -0.05) is 0 Å². The Morgan fingerprint density at radius 2 is 1.97 bits per heavy atom. The summed E-state index contributed by atoms with van der Waals surface area (Å²) < 4.78 is 7.67. The molecule has 2 aromatic rings. The van der Waals surface area contributed by atoms with Crippen molar-refractivity contribution in [2.24, 2.45) is 28.9 Å². The van der Waals surface area contributed by atoms with E-state index in [1.54, 1.807) is 37.0 Å². The summed E-state index contributed by atoms with van der Waals surface area (Å²) in [5.41, 5.74) is 5.16. The zero-order valence-corrected chi connectivity index (χ0v) is 18.0. The lowest BCUT2D eigenvalue weighted by Gasteiger charge is -2.59. The fraction of sp³-hybridized carbons (Fsp3) is 0.565. The van der Waals surface area contributed by atoms with Crippen LogP contribution in [0.25, 0.3) is 5.69 Å². The highest BCUT2D eigenvalue weighted by atomic mass is 16.5. The highest BCUT2D eigenvalue weighted by Crippen LogP contribution is 2.59. The third kappa shape index (κ3) is 3.47. The lowest BCUT2D eigenvalue weighted by Crippen LogP contribution is -2.64. The minimum Gasteiger partial charge on any atom is -0.462 e. The molecule has 0 aromatic carbocycles. The number of amides is 2. The van der Waals surface area contributed by atoms with Crippen molar-refractivity contribution in [3.63, 3.8) is 0 Å². The number of nitrogens with one attached hydrogen (secondary N) is 1. The van der Waals surface area contributed by atoms with Crippen molar-refractivity contribution in [1.29, 1.82) is 0 Å². The Labute approximate surface area is 181 Å². The summed E-state index contributed by atoms with van der Waals surface area (Å²) in [5.74, 6) is 1.24. The van der Waals surface area contributed by atoms with Crippen molar-refractivity contribution in [3.8, 4) is 11.6 Å². The second kappa shape index (κ2) is 7.07. The lowest BCUT2D eigenvalue weighted by molar-refractivity contribution is -0.150. The maximum absolute atomic E-state index is 13.2. The van der Waals surface area contributed by atoms with E-state index in [1.165, 1.54) is 0 Å². The number of carbonyl (C=O) groups is 2. The van der Waals surface area contributed by atoms with E-state index >= 15 is 0 Å². The normalized spacial score (nSPS) is 31.4. The number of rotatable bonds is 6. The first kappa shape index (κ1) is 20.0. The lowest BCUT2D eigenvalue weighted by atomic mass is 9.47. The first-order chi connectivity index (χ1) is 14.8. The minimum atomic E-state index is -1.07. The molecule has 4 saturated carbocycles. The summed E-state index contributed by atoms with van der Waals surface area (Å²) >= 11 is 0. The van der Waals surface area contributed by atoms with Crippen LogP contribution >= 0.6 is 0 Å². The summed E-state index contributed by atoms with van der Waals surface area (Å²) in [5, 5.41) is 7.43. The van der Waals surface area contributed by atoms with Gasteiger partial charge in [0.15, 0.2) is 5.60 Å². The highest BCUT2D eigenvalue weighted by Gasteiger charge is 2.58. The number of primary amides is 1. The fourth-order valence-electron chi connectivity index (χ4n) is 6.18. The van der Waals surface area contributed by atoms with Crippen LogP contribution in [0.3, 0.4) is 0 Å². The van der Waals surface area contributed by atoms with E-state index in [2.05, 4.69) is 15.4 Å². The molecule has 4 bridgehead atoms. The summed E-state index contributed by atoms with van der Waals surface area (Å²) in [4.78, 5) is 29.6. The van der Waals surface area contributed by atoms with Crippen LogP contribution in [0, 0.1) is 23.2 Å². The third-order valence-electron chi connectivity index (χ3n) is 7.49. The van der Waals surface area contributed by atoms with Gasteiger partial charge in [-0.15, -0.1) is 0 Å².